The van der Waals surface area contributed by atoms with Gasteiger partial charge in [-0.15, -0.1) is 11.8 Å². The van der Waals surface area contributed by atoms with Crippen molar-refractivity contribution in [2.24, 2.45) is 5.92 Å². The maximum atomic E-state index is 3.25. The molecule has 0 heterocycles. The summed E-state index contributed by atoms with van der Waals surface area (Å²) in [6, 6.07) is 18.9. The highest BCUT2D eigenvalue weighted by molar-refractivity contribution is 7.99. The highest BCUT2D eigenvalue weighted by Crippen LogP contribution is 2.21. The van der Waals surface area contributed by atoms with E-state index in [1.54, 1.807) is 0 Å². The van der Waals surface area contributed by atoms with Crippen LogP contribution in [-0.4, -0.2) is 5.75 Å². The topological polar surface area (TPSA) is 24.1 Å². The Hall–Kier alpha value is -1.45. The second-order valence-corrected chi connectivity index (χ2v) is 6.29. The monoisotopic (exact) mass is 286 g/mol. The normalized spacial score (nSPS) is 10.8. The van der Waals surface area contributed by atoms with Crippen molar-refractivity contribution in [3.8, 4) is 0 Å². The molecular weight excluding hydrogens is 264 g/mol. The van der Waals surface area contributed by atoms with Crippen LogP contribution < -0.4 is 10.9 Å². The Morgan fingerprint density at radius 2 is 1.80 bits per heavy atom. The van der Waals surface area contributed by atoms with Crippen molar-refractivity contribution in [1.82, 2.24) is 5.43 Å². The Morgan fingerprint density at radius 1 is 1.00 bits per heavy atom. The van der Waals surface area contributed by atoms with Gasteiger partial charge in [0.2, 0.25) is 0 Å². The Balaban J connectivity index is 1.82. The fourth-order valence-corrected chi connectivity index (χ4v) is 2.71. The number of para-hydroxylation sites is 1. The van der Waals surface area contributed by atoms with Crippen molar-refractivity contribution in [2.45, 2.75) is 25.3 Å². The lowest BCUT2D eigenvalue weighted by Crippen LogP contribution is -2.20. The lowest BCUT2D eigenvalue weighted by molar-refractivity contribution is 0.750. The number of rotatable bonds is 7. The van der Waals surface area contributed by atoms with E-state index in [1.807, 2.05) is 42.1 Å². The van der Waals surface area contributed by atoms with Gasteiger partial charge in [0.1, 0.15) is 0 Å². The number of anilines is 1. The first kappa shape index (κ1) is 14.9. The molecule has 0 saturated heterocycles. The smallest absolute Gasteiger partial charge is 0.0487 e. The minimum Gasteiger partial charge on any atom is -0.321 e. The lowest BCUT2D eigenvalue weighted by atomic mass is 10.2. The second-order valence-electron chi connectivity index (χ2n) is 5.20. The van der Waals surface area contributed by atoms with Crippen molar-refractivity contribution in [3.05, 3.63) is 60.2 Å². The summed E-state index contributed by atoms with van der Waals surface area (Å²) < 4.78 is 0. The van der Waals surface area contributed by atoms with E-state index in [2.05, 4.69) is 49.0 Å². The summed E-state index contributed by atoms with van der Waals surface area (Å²) in [5.74, 6) is 1.89. The number of benzene rings is 2. The van der Waals surface area contributed by atoms with Crippen LogP contribution in [0, 0.1) is 5.92 Å². The molecule has 0 bridgehead atoms. The van der Waals surface area contributed by atoms with Crippen molar-refractivity contribution in [1.29, 1.82) is 0 Å². The molecule has 0 atom stereocenters. The summed E-state index contributed by atoms with van der Waals surface area (Å²) in [5.41, 5.74) is 8.83. The zero-order valence-electron chi connectivity index (χ0n) is 12.1. The van der Waals surface area contributed by atoms with E-state index < -0.39 is 0 Å². The van der Waals surface area contributed by atoms with E-state index in [9.17, 15) is 0 Å². The van der Waals surface area contributed by atoms with Gasteiger partial charge in [-0.2, -0.15) is 0 Å². The number of thioether (sulfide) groups is 1. The molecule has 2 nitrogen and oxygen atoms in total. The summed E-state index contributed by atoms with van der Waals surface area (Å²) in [4.78, 5) is 1.35. The molecule has 2 rings (SSSR count). The second kappa shape index (κ2) is 7.98. The molecule has 0 spiro atoms. The quantitative estimate of drug-likeness (QED) is 0.577. The van der Waals surface area contributed by atoms with Gasteiger partial charge in [-0.25, -0.2) is 5.43 Å². The van der Waals surface area contributed by atoms with Crippen LogP contribution in [0.15, 0.2) is 59.5 Å². The van der Waals surface area contributed by atoms with Crippen LogP contribution in [0.5, 0.6) is 0 Å². The number of hydrazine groups is 1. The van der Waals surface area contributed by atoms with E-state index in [4.69, 9.17) is 0 Å². The minimum atomic E-state index is 0.724. The highest BCUT2D eigenvalue weighted by Gasteiger charge is 1.99. The standard InChI is InChI=1S/C17H22N2S/c1-14(2)13-20-17-10-6-7-15(11-17)12-18-19-16-8-4-3-5-9-16/h3-11,14,18-19H,12-13H2,1-2H3. The maximum Gasteiger partial charge on any atom is 0.0487 e. The Labute approximate surface area is 126 Å². The molecule has 0 aliphatic heterocycles. The van der Waals surface area contributed by atoms with Crippen LogP contribution >= 0.6 is 11.8 Å². The molecule has 2 aromatic carbocycles. The van der Waals surface area contributed by atoms with Crippen LogP contribution in [0.2, 0.25) is 0 Å². The van der Waals surface area contributed by atoms with Gasteiger partial charge in [-0.05, 0) is 35.7 Å². The number of hydrogen-bond donors (Lipinski definition) is 2. The highest BCUT2D eigenvalue weighted by atomic mass is 32.2. The average Bonchev–Trinajstić information content (AvgIpc) is 2.47. The van der Waals surface area contributed by atoms with Gasteiger partial charge >= 0.3 is 0 Å². The molecule has 0 unspecified atom stereocenters. The van der Waals surface area contributed by atoms with E-state index in [-0.39, 0.29) is 0 Å². The van der Waals surface area contributed by atoms with Crippen molar-refractivity contribution >= 4 is 17.4 Å². The molecule has 0 fully saturated rings. The fourth-order valence-electron chi connectivity index (χ4n) is 1.78. The maximum absolute atomic E-state index is 3.25. The summed E-state index contributed by atoms with van der Waals surface area (Å²) in [7, 11) is 0. The first-order valence-electron chi connectivity index (χ1n) is 6.99. The summed E-state index contributed by atoms with van der Waals surface area (Å²) in [6.45, 7) is 5.31. The molecule has 20 heavy (non-hydrogen) atoms. The third-order valence-corrected chi connectivity index (χ3v) is 4.20. The SMILES string of the molecule is CC(C)CSc1cccc(CNNc2ccccc2)c1. The van der Waals surface area contributed by atoms with Crippen molar-refractivity contribution in [3.63, 3.8) is 0 Å². The molecule has 0 saturated carbocycles. The zero-order chi connectivity index (χ0) is 14.2. The molecule has 0 aromatic heterocycles. The first-order valence-corrected chi connectivity index (χ1v) is 7.98. The van der Waals surface area contributed by atoms with Gasteiger partial charge < -0.3 is 5.43 Å². The fraction of sp³-hybridized carbons (Fsp3) is 0.294. The molecule has 2 N–H and O–H groups in total. The van der Waals surface area contributed by atoms with Gasteiger partial charge in [0.25, 0.3) is 0 Å². The predicted molar refractivity (Wildman–Crippen MR) is 88.9 cm³/mol. The van der Waals surface area contributed by atoms with Crippen LogP contribution in [0.3, 0.4) is 0 Å². The summed E-state index contributed by atoms with van der Waals surface area (Å²) in [5, 5.41) is 0. The third-order valence-electron chi connectivity index (χ3n) is 2.78. The zero-order valence-corrected chi connectivity index (χ0v) is 12.9. The molecule has 0 aliphatic carbocycles. The average molecular weight is 286 g/mol. The molecule has 0 radical (unpaired) electrons. The number of nitrogens with one attached hydrogen (secondary N) is 2. The predicted octanol–water partition coefficient (Wildman–Crippen LogP) is 4.55. The van der Waals surface area contributed by atoms with Crippen molar-refractivity contribution in [2.75, 3.05) is 11.2 Å². The third kappa shape index (κ3) is 5.27. The minimum absolute atomic E-state index is 0.724. The van der Waals surface area contributed by atoms with E-state index in [0.29, 0.717) is 0 Å². The van der Waals surface area contributed by atoms with E-state index in [1.165, 1.54) is 16.2 Å². The van der Waals surface area contributed by atoms with Crippen LogP contribution in [0.1, 0.15) is 19.4 Å². The van der Waals surface area contributed by atoms with Gasteiger partial charge in [-0.1, -0.05) is 44.2 Å². The molecule has 2 aromatic rings. The Bertz CT molecular complexity index is 511. The lowest BCUT2D eigenvalue weighted by Gasteiger charge is -2.10. The van der Waals surface area contributed by atoms with Gasteiger partial charge in [0.15, 0.2) is 0 Å². The summed E-state index contributed by atoms with van der Waals surface area (Å²) >= 11 is 1.92. The van der Waals surface area contributed by atoms with Gasteiger partial charge in [0.05, 0.1) is 0 Å². The molecule has 0 amide bonds. The van der Waals surface area contributed by atoms with Gasteiger partial charge in [0, 0.05) is 22.9 Å². The molecule has 0 aliphatic rings. The van der Waals surface area contributed by atoms with Gasteiger partial charge in [-0.3, -0.25) is 0 Å². The van der Waals surface area contributed by atoms with Crippen LogP contribution in [0.25, 0.3) is 0 Å². The molecular formula is C17H22N2S. The molecule has 3 heteroatoms. The first-order chi connectivity index (χ1) is 9.74. The largest absolute Gasteiger partial charge is 0.321 e. The summed E-state index contributed by atoms with van der Waals surface area (Å²) in [6.07, 6.45) is 0. The Kier molecular flexibility index (Phi) is 5.96. The molecule has 106 valence electrons. The van der Waals surface area contributed by atoms with Crippen LogP contribution in [0.4, 0.5) is 5.69 Å². The van der Waals surface area contributed by atoms with E-state index >= 15 is 0 Å². The van der Waals surface area contributed by atoms with Crippen LogP contribution in [-0.2, 0) is 6.54 Å². The van der Waals surface area contributed by atoms with Crippen molar-refractivity contribution < 1.29 is 0 Å². The Morgan fingerprint density at radius 3 is 2.55 bits per heavy atom. The number of hydrogen-bond acceptors (Lipinski definition) is 3. The van der Waals surface area contributed by atoms with E-state index in [0.717, 1.165) is 18.2 Å².